The fraction of sp³-hybridized carbons (Fsp3) is 0.500. The van der Waals surface area contributed by atoms with E-state index in [1.165, 1.54) is 11.1 Å². The minimum absolute atomic E-state index is 0.559. The summed E-state index contributed by atoms with van der Waals surface area (Å²) in [5, 5.41) is 9.53. The van der Waals surface area contributed by atoms with Crippen LogP contribution in [-0.4, -0.2) is 10.7 Å². The molecule has 0 unspecified atom stereocenters. The fourth-order valence-electron chi connectivity index (χ4n) is 1.43. The van der Waals surface area contributed by atoms with Gasteiger partial charge in [0.2, 0.25) is 0 Å². The van der Waals surface area contributed by atoms with Gasteiger partial charge in [-0.05, 0) is 39.2 Å². The van der Waals surface area contributed by atoms with Gasteiger partial charge in [-0.25, -0.2) is 0 Å². The summed E-state index contributed by atoms with van der Waals surface area (Å²) in [7, 11) is 0. The third-order valence-corrected chi connectivity index (χ3v) is 2.28. The lowest BCUT2D eigenvalue weighted by Gasteiger charge is -2.14. The molecular weight excluding hydrogens is 208 g/mol. The largest absolute Gasteiger partial charge is 0.390 e. The van der Waals surface area contributed by atoms with Crippen LogP contribution < -0.4 is 0 Å². The highest BCUT2D eigenvalue weighted by molar-refractivity contribution is 5.49. The Morgan fingerprint density at radius 3 is 2.41 bits per heavy atom. The molecule has 0 spiro atoms. The predicted molar refractivity (Wildman–Crippen MR) is 77.1 cm³/mol. The molecule has 0 aromatic heterocycles. The molecule has 0 fully saturated rings. The third kappa shape index (κ3) is 8.70. The monoisotopic (exact) mass is 234 g/mol. The van der Waals surface area contributed by atoms with Crippen molar-refractivity contribution < 1.29 is 5.11 Å². The molecule has 1 rings (SSSR count). The van der Waals surface area contributed by atoms with Gasteiger partial charge in [-0.3, -0.25) is 0 Å². The van der Waals surface area contributed by atoms with Gasteiger partial charge in [-0.15, -0.1) is 0 Å². The van der Waals surface area contributed by atoms with Crippen molar-refractivity contribution in [3.05, 3.63) is 41.5 Å². The van der Waals surface area contributed by atoms with Gasteiger partial charge in [-0.1, -0.05) is 55.8 Å². The van der Waals surface area contributed by atoms with E-state index in [1.54, 1.807) is 0 Å². The Labute approximate surface area is 106 Å². The molecule has 1 N–H and O–H groups in total. The molecule has 0 bridgehead atoms. The van der Waals surface area contributed by atoms with Crippen molar-refractivity contribution in [1.29, 1.82) is 0 Å². The van der Waals surface area contributed by atoms with Gasteiger partial charge in [0, 0.05) is 0 Å². The van der Waals surface area contributed by atoms with Crippen LogP contribution >= 0.6 is 0 Å². The Morgan fingerprint density at radius 2 is 1.88 bits per heavy atom. The molecule has 1 aromatic rings. The molecule has 17 heavy (non-hydrogen) atoms. The van der Waals surface area contributed by atoms with Crippen LogP contribution in [-0.2, 0) is 0 Å². The predicted octanol–water partition coefficient (Wildman–Crippen LogP) is 4.59. The number of aliphatic hydroxyl groups is 1. The maximum absolute atomic E-state index is 9.53. The Bertz CT molecular complexity index is 332. The van der Waals surface area contributed by atoms with E-state index in [2.05, 4.69) is 43.3 Å². The van der Waals surface area contributed by atoms with Crippen LogP contribution in [0.2, 0.25) is 0 Å². The summed E-state index contributed by atoms with van der Waals surface area (Å²) in [5.74, 6) is 0. The molecule has 0 radical (unpaired) electrons. The zero-order valence-electron chi connectivity index (χ0n) is 11.8. The Kier molecular flexibility index (Phi) is 7.56. The van der Waals surface area contributed by atoms with Gasteiger partial charge in [-0.2, -0.15) is 0 Å². The van der Waals surface area contributed by atoms with E-state index in [4.69, 9.17) is 0 Å². The number of hydrogen-bond donors (Lipinski definition) is 1. The molecule has 0 heterocycles. The zero-order chi connectivity index (χ0) is 13.3. The average Bonchev–Trinajstić information content (AvgIpc) is 2.26. The van der Waals surface area contributed by atoms with Crippen LogP contribution in [0.25, 0.3) is 6.08 Å². The zero-order valence-corrected chi connectivity index (χ0v) is 11.8. The summed E-state index contributed by atoms with van der Waals surface area (Å²) < 4.78 is 0. The van der Waals surface area contributed by atoms with Crippen LogP contribution in [0.4, 0.5) is 0 Å². The molecule has 0 saturated carbocycles. The van der Waals surface area contributed by atoms with E-state index < -0.39 is 5.60 Å². The maximum Gasteiger partial charge on any atom is 0.0594 e. The van der Waals surface area contributed by atoms with Crippen LogP contribution in [0.1, 0.15) is 51.7 Å². The minimum Gasteiger partial charge on any atom is -0.390 e. The molecule has 0 aliphatic heterocycles. The quantitative estimate of drug-likeness (QED) is 0.808. The normalized spacial score (nSPS) is 11.2. The van der Waals surface area contributed by atoms with Crippen LogP contribution in [0, 0.1) is 6.92 Å². The average molecular weight is 234 g/mol. The number of aryl methyl sites for hydroxylation is 1. The van der Waals surface area contributed by atoms with E-state index in [1.807, 2.05) is 27.7 Å². The van der Waals surface area contributed by atoms with Gasteiger partial charge >= 0.3 is 0 Å². The van der Waals surface area contributed by atoms with Crippen molar-refractivity contribution in [2.24, 2.45) is 0 Å². The Morgan fingerprint density at radius 1 is 1.24 bits per heavy atom. The standard InChI is InChI=1S/C14H20O.C2H6/c1-12-7-6-9-13(11-12)8-4-5-10-14(2,3)15;1-2/h4,6-9,11,15H,5,10H2,1-3H3;1-2H3/b8-4+;. The molecule has 1 heteroatoms. The summed E-state index contributed by atoms with van der Waals surface area (Å²) >= 11 is 0. The highest BCUT2D eigenvalue weighted by atomic mass is 16.3. The number of benzene rings is 1. The van der Waals surface area contributed by atoms with E-state index in [0.717, 1.165) is 12.8 Å². The Hall–Kier alpha value is -1.08. The van der Waals surface area contributed by atoms with Crippen molar-refractivity contribution in [1.82, 2.24) is 0 Å². The van der Waals surface area contributed by atoms with E-state index >= 15 is 0 Å². The van der Waals surface area contributed by atoms with E-state index in [9.17, 15) is 5.11 Å². The fourth-order valence-corrected chi connectivity index (χ4v) is 1.43. The van der Waals surface area contributed by atoms with Gasteiger partial charge < -0.3 is 5.11 Å². The summed E-state index contributed by atoms with van der Waals surface area (Å²) in [5.41, 5.74) is 1.95. The van der Waals surface area contributed by atoms with Crippen molar-refractivity contribution in [2.75, 3.05) is 0 Å². The second-order valence-corrected chi connectivity index (χ2v) is 4.67. The van der Waals surface area contributed by atoms with Crippen molar-refractivity contribution >= 4 is 6.08 Å². The lowest BCUT2D eigenvalue weighted by molar-refractivity contribution is 0.0722. The molecule has 1 nitrogen and oxygen atoms in total. The Balaban J connectivity index is 0.00000121. The van der Waals surface area contributed by atoms with Crippen LogP contribution in [0.5, 0.6) is 0 Å². The SMILES string of the molecule is CC.Cc1cccc(/C=C/CCC(C)(C)O)c1. The summed E-state index contributed by atoms with van der Waals surface area (Å²) in [6, 6.07) is 8.40. The first-order valence-electron chi connectivity index (χ1n) is 6.43. The topological polar surface area (TPSA) is 20.2 Å². The summed E-state index contributed by atoms with van der Waals surface area (Å²) in [6.45, 7) is 9.77. The maximum atomic E-state index is 9.53. The lowest BCUT2D eigenvalue weighted by Crippen LogP contribution is -2.17. The van der Waals surface area contributed by atoms with Gasteiger partial charge in [0.05, 0.1) is 5.60 Å². The van der Waals surface area contributed by atoms with E-state index in [0.29, 0.717) is 0 Å². The summed E-state index contributed by atoms with van der Waals surface area (Å²) in [4.78, 5) is 0. The molecular formula is C16H26O. The molecule has 0 aliphatic rings. The third-order valence-electron chi connectivity index (χ3n) is 2.28. The molecule has 0 aliphatic carbocycles. The summed E-state index contributed by atoms with van der Waals surface area (Å²) in [6.07, 6.45) is 5.94. The van der Waals surface area contributed by atoms with Crippen molar-refractivity contribution in [3.63, 3.8) is 0 Å². The first kappa shape index (κ1) is 15.9. The van der Waals surface area contributed by atoms with Crippen LogP contribution in [0.3, 0.4) is 0 Å². The van der Waals surface area contributed by atoms with Gasteiger partial charge in [0.15, 0.2) is 0 Å². The number of hydrogen-bond acceptors (Lipinski definition) is 1. The first-order valence-corrected chi connectivity index (χ1v) is 6.43. The van der Waals surface area contributed by atoms with Gasteiger partial charge in [0.25, 0.3) is 0 Å². The minimum atomic E-state index is -0.559. The molecule has 0 saturated heterocycles. The highest BCUT2D eigenvalue weighted by Crippen LogP contribution is 2.12. The van der Waals surface area contributed by atoms with Crippen molar-refractivity contribution in [3.8, 4) is 0 Å². The smallest absolute Gasteiger partial charge is 0.0594 e. The lowest BCUT2D eigenvalue weighted by atomic mass is 10.0. The second kappa shape index (κ2) is 8.08. The van der Waals surface area contributed by atoms with Crippen LogP contribution in [0.15, 0.2) is 30.3 Å². The van der Waals surface area contributed by atoms with Gasteiger partial charge in [0.1, 0.15) is 0 Å². The molecule has 96 valence electrons. The number of allylic oxidation sites excluding steroid dienone is 1. The highest BCUT2D eigenvalue weighted by Gasteiger charge is 2.09. The number of rotatable bonds is 4. The molecule has 1 aromatic carbocycles. The van der Waals surface area contributed by atoms with E-state index in [-0.39, 0.29) is 0 Å². The van der Waals surface area contributed by atoms with Crippen molar-refractivity contribution in [2.45, 2.75) is 53.1 Å². The first-order chi connectivity index (χ1) is 7.97. The second-order valence-electron chi connectivity index (χ2n) is 4.67. The molecule has 0 atom stereocenters. The molecule has 0 amide bonds.